The number of hydrogen-bond acceptors (Lipinski definition) is 7. The Bertz CT molecular complexity index is 1020. The minimum absolute atomic E-state index is 0.00154. The summed E-state index contributed by atoms with van der Waals surface area (Å²) in [7, 11) is 0. The largest absolute Gasteiger partial charge is 0.481 e. The zero-order valence-corrected chi connectivity index (χ0v) is 20.2. The van der Waals surface area contributed by atoms with Crippen LogP contribution in [-0.4, -0.2) is 87.7 Å². The van der Waals surface area contributed by atoms with Gasteiger partial charge in [0, 0.05) is 24.2 Å². The molecule has 0 unspecified atom stereocenters. The van der Waals surface area contributed by atoms with Gasteiger partial charge in [-0.2, -0.15) is 0 Å². The average molecular weight is 490 g/mol. The minimum atomic E-state index is -1.33. The molecule has 5 N–H and O–H groups in total. The van der Waals surface area contributed by atoms with E-state index in [0.717, 1.165) is 4.90 Å². The van der Waals surface area contributed by atoms with Crippen LogP contribution in [0.3, 0.4) is 0 Å². The normalized spacial score (nSPS) is 16.9. The summed E-state index contributed by atoms with van der Waals surface area (Å²) in [5.41, 5.74) is 5.29. The lowest BCUT2D eigenvalue weighted by Gasteiger charge is -2.42. The summed E-state index contributed by atoms with van der Waals surface area (Å²) in [4.78, 5) is 64.4. The van der Waals surface area contributed by atoms with Crippen LogP contribution in [0.2, 0.25) is 0 Å². The maximum absolute atomic E-state index is 13.1. The number of piperazine rings is 1. The Balaban J connectivity index is 2.08. The van der Waals surface area contributed by atoms with E-state index in [4.69, 9.17) is 15.9 Å². The van der Waals surface area contributed by atoms with Gasteiger partial charge in [-0.05, 0) is 39.8 Å². The second kappa shape index (κ2) is 11.0. The van der Waals surface area contributed by atoms with Crippen LogP contribution < -0.4 is 11.1 Å². The van der Waals surface area contributed by atoms with Crippen molar-refractivity contribution in [3.05, 3.63) is 35.4 Å². The number of nitrogens with one attached hydrogen (secondary N) is 2. The lowest BCUT2D eigenvalue weighted by molar-refractivity contribution is -0.169. The van der Waals surface area contributed by atoms with Gasteiger partial charge in [0.2, 0.25) is 11.8 Å². The Kier molecular flexibility index (Phi) is 8.56. The van der Waals surface area contributed by atoms with E-state index < -0.39 is 60.3 Å². The molecule has 12 heteroatoms. The van der Waals surface area contributed by atoms with E-state index in [1.807, 2.05) is 0 Å². The Labute approximate surface area is 202 Å². The summed E-state index contributed by atoms with van der Waals surface area (Å²) in [6.07, 6.45) is -0.650. The number of nitrogens with zero attached hydrogens (tertiary/aromatic N) is 2. The number of hydrogen-bond donors (Lipinski definition) is 4. The van der Waals surface area contributed by atoms with E-state index in [-0.39, 0.29) is 24.5 Å². The summed E-state index contributed by atoms with van der Waals surface area (Å²) in [5.74, 6) is -3.96. The van der Waals surface area contributed by atoms with Crippen LogP contribution in [0, 0.1) is 5.41 Å². The number of aliphatic carboxylic acids is 1. The smallest absolute Gasteiger partial charge is 0.329 e. The number of rotatable bonds is 8. The highest BCUT2D eigenvalue weighted by atomic mass is 16.6. The third-order valence-corrected chi connectivity index (χ3v) is 5.29. The molecule has 2 rings (SSSR count). The molecular weight excluding hydrogens is 458 g/mol. The fourth-order valence-corrected chi connectivity index (χ4v) is 3.53. The quantitative estimate of drug-likeness (QED) is 0.222. The number of carbonyl (C=O) groups is 5. The maximum Gasteiger partial charge on any atom is 0.329 e. The molecule has 0 aliphatic carbocycles. The molecule has 3 amide bonds. The first-order valence-electron chi connectivity index (χ1n) is 11.0. The fourth-order valence-electron chi connectivity index (χ4n) is 3.53. The van der Waals surface area contributed by atoms with Gasteiger partial charge in [0.1, 0.15) is 23.5 Å². The Morgan fingerprint density at radius 2 is 1.74 bits per heavy atom. The maximum atomic E-state index is 13.1. The van der Waals surface area contributed by atoms with Crippen LogP contribution in [0.4, 0.5) is 0 Å². The Hall–Kier alpha value is -3.96. The van der Waals surface area contributed by atoms with Crippen LogP contribution in [0.5, 0.6) is 0 Å². The van der Waals surface area contributed by atoms with E-state index in [1.54, 1.807) is 20.8 Å². The number of nitrogen functional groups attached to an aromatic ring is 1. The average Bonchev–Trinajstić information content (AvgIpc) is 2.76. The van der Waals surface area contributed by atoms with Crippen molar-refractivity contribution in [2.24, 2.45) is 5.73 Å². The summed E-state index contributed by atoms with van der Waals surface area (Å²) < 4.78 is 5.32. The van der Waals surface area contributed by atoms with Crippen molar-refractivity contribution in [1.82, 2.24) is 15.1 Å². The van der Waals surface area contributed by atoms with Crippen LogP contribution in [0.25, 0.3) is 0 Å². The molecule has 0 spiro atoms. The lowest BCUT2D eigenvalue weighted by atomic mass is 10.0. The molecule has 1 aromatic carbocycles. The Morgan fingerprint density at radius 1 is 1.17 bits per heavy atom. The predicted molar refractivity (Wildman–Crippen MR) is 125 cm³/mol. The number of ether oxygens (including phenoxy) is 1. The number of nitrogens with two attached hydrogens (primary N) is 1. The second-order valence-electron chi connectivity index (χ2n) is 9.12. The van der Waals surface area contributed by atoms with Crippen molar-refractivity contribution in [3.63, 3.8) is 0 Å². The van der Waals surface area contributed by atoms with Gasteiger partial charge in [0.25, 0.3) is 5.91 Å². The van der Waals surface area contributed by atoms with Crippen molar-refractivity contribution < 1.29 is 33.8 Å². The van der Waals surface area contributed by atoms with Crippen LogP contribution in [0.1, 0.15) is 50.0 Å². The topological polar surface area (TPSA) is 183 Å². The molecular formula is C23H31N5O7. The van der Waals surface area contributed by atoms with Crippen molar-refractivity contribution in [3.8, 4) is 0 Å². The van der Waals surface area contributed by atoms with Gasteiger partial charge in [0.15, 0.2) is 0 Å². The van der Waals surface area contributed by atoms with Gasteiger partial charge in [-0.25, -0.2) is 4.79 Å². The second-order valence-corrected chi connectivity index (χ2v) is 9.12. The van der Waals surface area contributed by atoms with E-state index in [1.165, 1.54) is 36.1 Å². The molecule has 35 heavy (non-hydrogen) atoms. The molecule has 12 nitrogen and oxygen atoms in total. The first-order valence-corrected chi connectivity index (χ1v) is 11.0. The molecule has 1 fully saturated rings. The zero-order chi connectivity index (χ0) is 26.5. The van der Waals surface area contributed by atoms with Crippen LogP contribution >= 0.6 is 0 Å². The first kappa shape index (κ1) is 27.3. The minimum Gasteiger partial charge on any atom is -0.481 e. The highest BCUT2D eigenvalue weighted by molar-refractivity contribution is 6.00. The standard InChI is InChI=1S/C23H31N5O7/c1-13(22(34)35-23(2,3)4)27-9-10-28(16(21(27)33)11-18(30)31)17(29)12-26-20(32)15-7-5-14(6-8-15)19(24)25/h5-8,13,16H,9-12H2,1-4H3,(H3,24,25)(H,26,32)(H,30,31)/t13-,16-/m0/s1. The molecule has 1 saturated heterocycles. The highest BCUT2D eigenvalue weighted by Crippen LogP contribution is 2.20. The van der Waals surface area contributed by atoms with Gasteiger partial charge in [-0.15, -0.1) is 0 Å². The molecule has 1 aliphatic rings. The number of carboxylic acid groups (broad SMARTS) is 1. The number of carboxylic acids is 1. The summed E-state index contributed by atoms with van der Waals surface area (Å²) in [6.45, 7) is 6.08. The van der Waals surface area contributed by atoms with Crippen molar-refractivity contribution >= 4 is 35.5 Å². The number of amidine groups is 1. The van der Waals surface area contributed by atoms with E-state index in [9.17, 15) is 29.1 Å². The van der Waals surface area contributed by atoms with E-state index in [2.05, 4.69) is 5.32 Å². The van der Waals surface area contributed by atoms with Gasteiger partial charge in [0.05, 0.1) is 13.0 Å². The third kappa shape index (κ3) is 7.26. The van der Waals surface area contributed by atoms with E-state index in [0.29, 0.717) is 5.56 Å². The molecule has 0 radical (unpaired) electrons. The third-order valence-electron chi connectivity index (χ3n) is 5.29. The highest BCUT2D eigenvalue weighted by Gasteiger charge is 2.42. The molecule has 1 aliphatic heterocycles. The molecule has 2 atom stereocenters. The zero-order valence-electron chi connectivity index (χ0n) is 20.2. The first-order chi connectivity index (χ1) is 16.2. The van der Waals surface area contributed by atoms with Gasteiger partial charge < -0.3 is 30.7 Å². The van der Waals surface area contributed by atoms with Crippen molar-refractivity contribution in [2.45, 2.75) is 51.8 Å². The Morgan fingerprint density at radius 3 is 2.26 bits per heavy atom. The summed E-state index contributed by atoms with van der Waals surface area (Å²) in [6, 6.07) is 3.59. The molecule has 0 saturated carbocycles. The van der Waals surface area contributed by atoms with E-state index >= 15 is 0 Å². The monoisotopic (exact) mass is 489 g/mol. The van der Waals surface area contributed by atoms with Crippen molar-refractivity contribution in [1.29, 1.82) is 5.41 Å². The number of amides is 3. The van der Waals surface area contributed by atoms with Crippen molar-refractivity contribution in [2.75, 3.05) is 19.6 Å². The number of esters is 1. The van der Waals surface area contributed by atoms with Crippen LogP contribution in [-0.2, 0) is 23.9 Å². The molecule has 190 valence electrons. The summed E-state index contributed by atoms with van der Waals surface area (Å²) >= 11 is 0. The number of benzene rings is 1. The van der Waals surface area contributed by atoms with Gasteiger partial charge in [-0.3, -0.25) is 24.6 Å². The van der Waals surface area contributed by atoms with Gasteiger partial charge in [-0.1, -0.05) is 12.1 Å². The molecule has 1 heterocycles. The lowest BCUT2D eigenvalue weighted by Crippen LogP contribution is -2.63. The number of carbonyl (C=O) groups excluding carboxylic acids is 4. The molecule has 0 aromatic heterocycles. The van der Waals surface area contributed by atoms with Crippen LogP contribution in [0.15, 0.2) is 24.3 Å². The predicted octanol–water partition coefficient (Wildman–Crippen LogP) is -0.0552. The fraction of sp³-hybridized carbons (Fsp3) is 0.478. The van der Waals surface area contributed by atoms with Gasteiger partial charge >= 0.3 is 11.9 Å². The SMILES string of the molecule is C[C@@H](C(=O)OC(C)(C)C)N1CCN(C(=O)CNC(=O)c2ccc(C(=N)N)cc2)[C@@H](CC(=O)O)C1=O. The molecule has 1 aromatic rings. The molecule has 0 bridgehead atoms. The summed E-state index contributed by atoms with van der Waals surface area (Å²) in [5, 5.41) is 19.1.